The number of ether oxygens (including phenoxy) is 1. The van der Waals surface area contributed by atoms with E-state index in [1.165, 1.54) is 0 Å². The summed E-state index contributed by atoms with van der Waals surface area (Å²) < 4.78 is 5.57. The first-order valence-electron chi connectivity index (χ1n) is 4.33. The van der Waals surface area contributed by atoms with E-state index in [4.69, 9.17) is 10.00 Å². The van der Waals surface area contributed by atoms with Gasteiger partial charge in [0, 0.05) is 6.20 Å². The highest BCUT2D eigenvalue weighted by molar-refractivity contribution is 5.45. The number of hydrogen-bond donors (Lipinski definition) is 0. The van der Waals surface area contributed by atoms with Crippen LogP contribution >= 0.6 is 0 Å². The van der Waals surface area contributed by atoms with Gasteiger partial charge < -0.3 is 4.74 Å². The molecule has 1 aliphatic carbocycles. The summed E-state index contributed by atoms with van der Waals surface area (Å²) in [5.41, 5.74) is 1.30. The van der Waals surface area contributed by atoms with Crippen LogP contribution in [0.1, 0.15) is 24.1 Å². The van der Waals surface area contributed by atoms with Gasteiger partial charge in [-0.25, -0.2) is 0 Å². The molecule has 1 fully saturated rings. The average Bonchev–Trinajstić information content (AvgIpc) is 2.89. The van der Waals surface area contributed by atoms with Gasteiger partial charge in [0.1, 0.15) is 17.4 Å². The average molecular weight is 174 g/mol. The fraction of sp³-hybridized carbons (Fsp3) is 0.400. The fourth-order valence-corrected chi connectivity index (χ4v) is 1.14. The molecule has 0 N–H and O–H groups in total. The van der Waals surface area contributed by atoms with Gasteiger partial charge in [-0.1, -0.05) is 0 Å². The maximum atomic E-state index is 8.86. The van der Waals surface area contributed by atoms with Crippen LogP contribution in [0.25, 0.3) is 0 Å². The molecule has 0 aromatic carbocycles. The lowest BCUT2D eigenvalue weighted by molar-refractivity contribution is 0.301. The summed E-state index contributed by atoms with van der Waals surface area (Å²) in [6.07, 6.45) is 4.21. The van der Waals surface area contributed by atoms with Crippen molar-refractivity contribution < 1.29 is 4.74 Å². The first-order chi connectivity index (χ1) is 6.31. The van der Waals surface area contributed by atoms with Gasteiger partial charge in [-0.2, -0.15) is 5.26 Å². The molecule has 66 valence electrons. The van der Waals surface area contributed by atoms with Crippen molar-refractivity contribution in [2.75, 3.05) is 0 Å². The second-order valence-electron chi connectivity index (χ2n) is 3.20. The quantitative estimate of drug-likeness (QED) is 0.686. The Morgan fingerprint density at radius 1 is 1.62 bits per heavy atom. The summed E-state index contributed by atoms with van der Waals surface area (Å²) in [4.78, 5) is 4.04. The molecule has 0 spiro atoms. The van der Waals surface area contributed by atoms with Gasteiger partial charge in [-0.15, -0.1) is 0 Å². The summed E-state index contributed by atoms with van der Waals surface area (Å²) in [5.74, 6) is 0.678. The van der Waals surface area contributed by atoms with Crippen molar-refractivity contribution >= 4 is 0 Å². The normalized spacial score (nSPS) is 15.1. The number of hydrogen-bond acceptors (Lipinski definition) is 3. The molecule has 0 unspecified atom stereocenters. The van der Waals surface area contributed by atoms with Gasteiger partial charge in [0.15, 0.2) is 0 Å². The Morgan fingerprint density at radius 3 is 3.00 bits per heavy atom. The van der Waals surface area contributed by atoms with E-state index in [1.807, 2.05) is 6.92 Å². The molecule has 1 aliphatic rings. The highest BCUT2D eigenvalue weighted by Crippen LogP contribution is 2.29. The molecule has 1 aromatic heterocycles. The minimum absolute atomic E-state index is 0.328. The molecular weight excluding hydrogens is 164 g/mol. The topological polar surface area (TPSA) is 45.9 Å². The number of pyridine rings is 1. The minimum atomic E-state index is 0.328. The molecule has 0 amide bonds. The standard InChI is InChI=1S/C10H10N2O/c1-7-9(6-11)10(4-5-12-7)13-8-2-3-8/h4-5,8H,2-3H2,1H3. The molecular formula is C10H10N2O. The number of aromatic nitrogens is 1. The van der Waals surface area contributed by atoms with E-state index in [9.17, 15) is 0 Å². The maximum absolute atomic E-state index is 8.86. The first kappa shape index (κ1) is 8.06. The highest BCUT2D eigenvalue weighted by Gasteiger charge is 2.24. The van der Waals surface area contributed by atoms with Gasteiger partial charge >= 0.3 is 0 Å². The molecule has 13 heavy (non-hydrogen) atoms. The van der Waals surface area contributed by atoms with Crippen LogP contribution in [0.3, 0.4) is 0 Å². The van der Waals surface area contributed by atoms with Crippen LogP contribution in [0, 0.1) is 18.3 Å². The van der Waals surface area contributed by atoms with E-state index in [2.05, 4.69) is 11.1 Å². The molecule has 0 bridgehead atoms. The molecule has 1 saturated carbocycles. The zero-order valence-corrected chi connectivity index (χ0v) is 7.45. The summed E-state index contributed by atoms with van der Waals surface area (Å²) in [5, 5.41) is 8.86. The third-order valence-electron chi connectivity index (χ3n) is 2.03. The molecule has 0 aliphatic heterocycles. The smallest absolute Gasteiger partial charge is 0.140 e. The summed E-state index contributed by atoms with van der Waals surface area (Å²) >= 11 is 0. The molecule has 0 atom stereocenters. The Hall–Kier alpha value is -1.56. The van der Waals surface area contributed by atoms with Crippen LogP contribution in [0.5, 0.6) is 5.75 Å². The van der Waals surface area contributed by atoms with Crippen molar-refractivity contribution in [2.45, 2.75) is 25.9 Å². The Labute approximate surface area is 77.0 Å². The highest BCUT2D eigenvalue weighted by atomic mass is 16.5. The molecule has 3 nitrogen and oxygen atoms in total. The summed E-state index contributed by atoms with van der Waals surface area (Å²) in [6.45, 7) is 1.82. The van der Waals surface area contributed by atoms with Crippen LogP contribution in [0.2, 0.25) is 0 Å². The van der Waals surface area contributed by atoms with Gasteiger partial charge in [0.05, 0.1) is 11.8 Å². The Kier molecular flexibility index (Phi) is 1.90. The lowest BCUT2D eigenvalue weighted by Crippen LogP contribution is -2.00. The van der Waals surface area contributed by atoms with Crippen LogP contribution < -0.4 is 4.74 Å². The predicted molar refractivity (Wildman–Crippen MR) is 47.3 cm³/mol. The maximum Gasteiger partial charge on any atom is 0.140 e. The SMILES string of the molecule is Cc1nccc(OC2CC2)c1C#N. The van der Waals surface area contributed by atoms with Gasteiger partial charge in [0.25, 0.3) is 0 Å². The van der Waals surface area contributed by atoms with Crippen molar-refractivity contribution in [3.63, 3.8) is 0 Å². The van der Waals surface area contributed by atoms with E-state index in [1.54, 1.807) is 12.3 Å². The molecule has 2 rings (SSSR count). The monoisotopic (exact) mass is 174 g/mol. The van der Waals surface area contributed by atoms with E-state index < -0.39 is 0 Å². The van der Waals surface area contributed by atoms with Crippen molar-refractivity contribution in [1.29, 1.82) is 5.26 Å². The van der Waals surface area contributed by atoms with Crippen LogP contribution in [-0.4, -0.2) is 11.1 Å². The first-order valence-corrected chi connectivity index (χ1v) is 4.33. The Bertz CT molecular complexity index is 364. The largest absolute Gasteiger partial charge is 0.489 e. The van der Waals surface area contributed by atoms with Gasteiger partial charge in [0.2, 0.25) is 0 Å². The van der Waals surface area contributed by atoms with Crippen LogP contribution in [0.15, 0.2) is 12.3 Å². The minimum Gasteiger partial charge on any atom is -0.489 e. The number of nitrogens with zero attached hydrogens (tertiary/aromatic N) is 2. The zero-order valence-electron chi connectivity index (χ0n) is 7.45. The second kappa shape index (κ2) is 3.06. The van der Waals surface area contributed by atoms with Crippen molar-refractivity contribution in [2.24, 2.45) is 0 Å². The lowest BCUT2D eigenvalue weighted by Gasteiger charge is -2.06. The molecule has 1 aromatic rings. The molecule has 3 heteroatoms. The summed E-state index contributed by atoms with van der Waals surface area (Å²) in [6, 6.07) is 3.86. The molecule has 0 saturated heterocycles. The summed E-state index contributed by atoms with van der Waals surface area (Å²) in [7, 11) is 0. The predicted octanol–water partition coefficient (Wildman–Crippen LogP) is 1.80. The van der Waals surface area contributed by atoms with Crippen molar-refractivity contribution in [1.82, 2.24) is 4.98 Å². The number of nitriles is 1. The van der Waals surface area contributed by atoms with Gasteiger partial charge in [-0.3, -0.25) is 4.98 Å². The van der Waals surface area contributed by atoms with E-state index in [-0.39, 0.29) is 0 Å². The van der Waals surface area contributed by atoms with Crippen LogP contribution in [-0.2, 0) is 0 Å². The fourth-order valence-electron chi connectivity index (χ4n) is 1.14. The van der Waals surface area contributed by atoms with E-state index in [0.717, 1.165) is 18.5 Å². The number of aryl methyl sites for hydroxylation is 1. The Morgan fingerprint density at radius 2 is 2.38 bits per heavy atom. The van der Waals surface area contributed by atoms with Gasteiger partial charge in [-0.05, 0) is 25.8 Å². The molecule has 1 heterocycles. The third kappa shape index (κ3) is 1.62. The van der Waals surface area contributed by atoms with E-state index in [0.29, 0.717) is 17.4 Å². The lowest BCUT2D eigenvalue weighted by atomic mass is 10.2. The second-order valence-corrected chi connectivity index (χ2v) is 3.20. The molecule has 0 radical (unpaired) electrons. The Balaban J connectivity index is 2.32. The van der Waals surface area contributed by atoms with Crippen molar-refractivity contribution in [3.05, 3.63) is 23.5 Å². The zero-order chi connectivity index (χ0) is 9.26. The van der Waals surface area contributed by atoms with Crippen molar-refractivity contribution in [3.8, 4) is 11.8 Å². The van der Waals surface area contributed by atoms with E-state index >= 15 is 0 Å². The van der Waals surface area contributed by atoms with Crippen LogP contribution in [0.4, 0.5) is 0 Å². The number of rotatable bonds is 2. The third-order valence-corrected chi connectivity index (χ3v) is 2.03.